The van der Waals surface area contributed by atoms with Crippen LogP contribution in [-0.4, -0.2) is 34.7 Å². The normalized spacial score (nSPS) is 16.4. The van der Waals surface area contributed by atoms with Crippen molar-refractivity contribution in [1.82, 2.24) is 9.80 Å². The topological polar surface area (TPSA) is 26.7 Å². The van der Waals surface area contributed by atoms with E-state index in [0.29, 0.717) is 6.54 Å². The van der Waals surface area contributed by atoms with E-state index in [4.69, 9.17) is 0 Å². The van der Waals surface area contributed by atoms with Gasteiger partial charge in [-0.1, -0.05) is 36.8 Å². The first-order chi connectivity index (χ1) is 8.69. The Labute approximate surface area is 109 Å². The fraction of sp³-hybridized carbons (Fsp3) is 0.467. The van der Waals surface area contributed by atoms with Gasteiger partial charge in [-0.3, -0.25) is 0 Å². The van der Waals surface area contributed by atoms with Crippen LogP contribution < -0.4 is 0 Å². The molecule has 0 bridgehead atoms. The maximum Gasteiger partial charge on any atom is 0.0965 e. The van der Waals surface area contributed by atoms with Gasteiger partial charge in [0.25, 0.3) is 0 Å². The Balaban J connectivity index is 1.87. The van der Waals surface area contributed by atoms with Crippen LogP contribution >= 0.6 is 0 Å². The van der Waals surface area contributed by atoms with Crippen molar-refractivity contribution >= 4 is 0 Å². The number of nitrogens with zero attached hydrogens (tertiary/aromatic N) is 2. The average molecular weight is 246 g/mol. The van der Waals surface area contributed by atoms with Crippen LogP contribution in [0.15, 0.2) is 36.7 Å². The lowest BCUT2D eigenvalue weighted by Gasteiger charge is -2.23. The van der Waals surface area contributed by atoms with Crippen LogP contribution in [0.4, 0.5) is 0 Å². The second-order valence-corrected chi connectivity index (χ2v) is 4.95. The first-order valence-corrected chi connectivity index (χ1v) is 6.60. The fourth-order valence-corrected chi connectivity index (χ4v) is 2.18. The Kier molecular flexibility index (Phi) is 4.26. The summed E-state index contributed by atoms with van der Waals surface area (Å²) in [6.07, 6.45) is 4.90. The highest BCUT2D eigenvalue weighted by molar-refractivity contribution is 5.23. The first-order valence-electron chi connectivity index (χ1n) is 6.60. The van der Waals surface area contributed by atoms with E-state index in [2.05, 4.69) is 36.0 Å². The summed E-state index contributed by atoms with van der Waals surface area (Å²) in [7, 11) is 0. The molecule has 0 saturated heterocycles. The van der Waals surface area contributed by atoms with Gasteiger partial charge < -0.3 is 14.9 Å². The largest absolute Gasteiger partial charge is 0.387 e. The second kappa shape index (κ2) is 5.91. The highest BCUT2D eigenvalue weighted by atomic mass is 16.3. The molecule has 0 aromatic heterocycles. The summed E-state index contributed by atoms with van der Waals surface area (Å²) in [4.78, 5) is 4.42. The number of aliphatic hydroxyl groups excluding tert-OH is 1. The highest BCUT2D eigenvalue weighted by Crippen LogP contribution is 2.17. The molecule has 0 amide bonds. The van der Waals surface area contributed by atoms with Crippen LogP contribution in [0.3, 0.4) is 0 Å². The quantitative estimate of drug-likeness (QED) is 0.864. The summed E-state index contributed by atoms with van der Waals surface area (Å²) in [6, 6.07) is 8.09. The predicted molar refractivity (Wildman–Crippen MR) is 73.8 cm³/mol. The van der Waals surface area contributed by atoms with Crippen molar-refractivity contribution in [2.75, 3.05) is 19.8 Å². The SMILES string of the molecule is CCCN1C=CN(CC(O)c2ccc(C)cc2)C1. The third-order valence-electron chi connectivity index (χ3n) is 3.23. The highest BCUT2D eigenvalue weighted by Gasteiger charge is 2.16. The maximum atomic E-state index is 10.2. The molecule has 1 unspecified atom stereocenters. The van der Waals surface area contributed by atoms with Crippen LogP contribution in [-0.2, 0) is 0 Å². The molecule has 1 aromatic rings. The van der Waals surface area contributed by atoms with Crippen molar-refractivity contribution in [1.29, 1.82) is 0 Å². The Bertz CT molecular complexity index is 399. The monoisotopic (exact) mass is 246 g/mol. The van der Waals surface area contributed by atoms with Gasteiger partial charge >= 0.3 is 0 Å². The van der Waals surface area contributed by atoms with E-state index in [1.54, 1.807) is 0 Å². The van der Waals surface area contributed by atoms with Crippen LogP contribution in [0.25, 0.3) is 0 Å². The zero-order valence-electron chi connectivity index (χ0n) is 11.2. The molecule has 3 nitrogen and oxygen atoms in total. The zero-order chi connectivity index (χ0) is 13.0. The van der Waals surface area contributed by atoms with E-state index in [0.717, 1.165) is 25.2 Å². The molecule has 1 aromatic carbocycles. The maximum absolute atomic E-state index is 10.2. The van der Waals surface area contributed by atoms with E-state index < -0.39 is 6.10 Å². The minimum Gasteiger partial charge on any atom is -0.387 e. The lowest BCUT2D eigenvalue weighted by molar-refractivity contribution is 0.124. The Hall–Kier alpha value is -1.48. The summed E-state index contributed by atoms with van der Waals surface area (Å²) < 4.78 is 0. The zero-order valence-corrected chi connectivity index (χ0v) is 11.2. The molecule has 2 rings (SSSR count). The molecule has 1 aliphatic heterocycles. The molecule has 1 atom stereocenters. The van der Waals surface area contributed by atoms with Crippen LogP contribution in [0.2, 0.25) is 0 Å². The number of aliphatic hydroxyl groups is 1. The van der Waals surface area contributed by atoms with Gasteiger partial charge in [-0.05, 0) is 18.9 Å². The minimum absolute atomic E-state index is 0.420. The van der Waals surface area contributed by atoms with Crippen molar-refractivity contribution in [3.63, 3.8) is 0 Å². The van der Waals surface area contributed by atoms with Gasteiger partial charge in [-0.25, -0.2) is 0 Å². The van der Waals surface area contributed by atoms with E-state index >= 15 is 0 Å². The van der Waals surface area contributed by atoms with Gasteiger partial charge in [-0.15, -0.1) is 0 Å². The number of β-amino-alcohol motifs (C(OH)–C–C–N with tert-alkyl or cyclic N) is 1. The summed E-state index contributed by atoms with van der Waals surface area (Å²) in [5.41, 5.74) is 2.21. The van der Waals surface area contributed by atoms with Crippen molar-refractivity contribution in [2.24, 2.45) is 0 Å². The Morgan fingerprint density at radius 1 is 1.17 bits per heavy atom. The molecule has 0 aliphatic carbocycles. The molecular formula is C15H22N2O. The number of benzene rings is 1. The van der Waals surface area contributed by atoms with Gasteiger partial charge in [0.2, 0.25) is 0 Å². The summed E-state index contributed by atoms with van der Waals surface area (Å²) in [5.74, 6) is 0. The molecule has 1 heterocycles. The molecular weight excluding hydrogens is 224 g/mol. The third-order valence-corrected chi connectivity index (χ3v) is 3.23. The van der Waals surface area contributed by atoms with Gasteiger partial charge in [0.05, 0.1) is 12.8 Å². The molecule has 1 aliphatic rings. The van der Waals surface area contributed by atoms with Gasteiger partial charge in [0, 0.05) is 25.5 Å². The smallest absolute Gasteiger partial charge is 0.0965 e. The molecule has 1 N–H and O–H groups in total. The van der Waals surface area contributed by atoms with E-state index in [1.165, 1.54) is 5.56 Å². The lowest BCUT2D eigenvalue weighted by atomic mass is 10.1. The lowest BCUT2D eigenvalue weighted by Crippen LogP contribution is -2.29. The predicted octanol–water partition coefficient (Wildman–Crippen LogP) is 2.48. The molecule has 0 spiro atoms. The molecule has 0 fully saturated rings. The van der Waals surface area contributed by atoms with Crippen molar-refractivity contribution < 1.29 is 5.11 Å². The molecule has 0 saturated carbocycles. The van der Waals surface area contributed by atoms with Gasteiger partial charge in [0.15, 0.2) is 0 Å². The number of hydrogen-bond acceptors (Lipinski definition) is 3. The number of hydrogen-bond donors (Lipinski definition) is 1. The second-order valence-electron chi connectivity index (χ2n) is 4.95. The number of rotatable bonds is 5. The summed E-state index contributed by atoms with van der Waals surface area (Å²) in [6.45, 7) is 6.85. The van der Waals surface area contributed by atoms with Crippen molar-refractivity contribution in [2.45, 2.75) is 26.4 Å². The van der Waals surface area contributed by atoms with E-state index in [1.807, 2.05) is 24.3 Å². The average Bonchev–Trinajstić information content (AvgIpc) is 2.78. The van der Waals surface area contributed by atoms with Gasteiger partial charge in [0.1, 0.15) is 0 Å². The Morgan fingerprint density at radius 2 is 1.83 bits per heavy atom. The first kappa shape index (κ1) is 13.0. The standard InChI is InChI=1S/C15H22N2O/c1-3-8-16-9-10-17(12-16)11-15(18)14-6-4-13(2)5-7-14/h4-7,9-10,15,18H,3,8,11-12H2,1-2H3. The fourth-order valence-electron chi connectivity index (χ4n) is 2.18. The molecule has 18 heavy (non-hydrogen) atoms. The van der Waals surface area contributed by atoms with Gasteiger partial charge in [-0.2, -0.15) is 0 Å². The van der Waals surface area contributed by atoms with Crippen molar-refractivity contribution in [3.8, 4) is 0 Å². The minimum atomic E-state index is -0.420. The molecule has 98 valence electrons. The third kappa shape index (κ3) is 3.26. The van der Waals surface area contributed by atoms with Crippen molar-refractivity contribution in [3.05, 3.63) is 47.8 Å². The summed E-state index contributed by atoms with van der Waals surface area (Å²) in [5, 5.41) is 10.2. The van der Waals surface area contributed by atoms with Crippen LogP contribution in [0.5, 0.6) is 0 Å². The van der Waals surface area contributed by atoms with Crippen LogP contribution in [0.1, 0.15) is 30.6 Å². The van der Waals surface area contributed by atoms with E-state index in [9.17, 15) is 5.11 Å². The van der Waals surface area contributed by atoms with E-state index in [-0.39, 0.29) is 0 Å². The Morgan fingerprint density at radius 3 is 2.50 bits per heavy atom. The number of aryl methyl sites for hydroxylation is 1. The molecule has 0 radical (unpaired) electrons. The summed E-state index contributed by atoms with van der Waals surface area (Å²) >= 11 is 0. The van der Waals surface area contributed by atoms with Crippen LogP contribution in [0, 0.1) is 6.92 Å². The molecule has 3 heteroatoms.